The maximum atomic E-state index is 11.2. The molecular formula is C14H16N4O3. The number of nitro groups is 1. The number of aliphatic hydroxyl groups is 1. The van der Waals surface area contributed by atoms with E-state index in [9.17, 15) is 15.2 Å². The summed E-state index contributed by atoms with van der Waals surface area (Å²) in [5.74, 6) is 0. The van der Waals surface area contributed by atoms with Crippen molar-refractivity contribution in [3.05, 3.63) is 40.7 Å². The zero-order chi connectivity index (χ0) is 14.8. The van der Waals surface area contributed by atoms with Crippen LogP contribution in [-0.2, 0) is 0 Å². The number of hydrogen-bond donors (Lipinski definition) is 1. The molecule has 2 heterocycles. The number of pyridine rings is 1. The van der Waals surface area contributed by atoms with E-state index < -0.39 is 4.92 Å². The van der Waals surface area contributed by atoms with E-state index in [2.05, 4.69) is 10.1 Å². The maximum absolute atomic E-state index is 11.2. The van der Waals surface area contributed by atoms with Gasteiger partial charge in [-0.25, -0.2) is 0 Å². The van der Waals surface area contributed by atoms with E-state index in [1.807, 2.05) is 0 Å². The molecule has 0 unspecified atom stereocenters. The lowest BCUT2D eigenvalue weighted by molar-refractivity contribution is -0.384. The van der Waals surface area contributed by atoms with Crippen LogP contribution >= 0.6 is 0 Å². The predicted molar refractivity (Wildman–Crippen MR) is 75.6 cm³/mol. The second-order valence-corrected chi connectivity index (χ2v) is 5.28. The molecule has 0 aromatic carbocycles. The molecule has 0 atom stereocenters. The summed E-state index contributed by atoms with van der Waals surface area (Å²) < 4.78 is 1.66. The second-order valence-electron chi connectivity index (χ2n) is 5.28. The SMILES string of the molecule is O=[N+]([O-])c1cn(C2CCC(O)CC2)nc1-c1ccccn1. The Bertz CT molecular complexity index is 633. The van der Waals surface area contributed by atoms with Gasteiger partial charge in [-0.15, -0.1) is 0 Å². The normalized spacial score (nSPS) is 22.1. The number of nitrogens with zero attached hydrogens (tertiary/aromatic N) is 4. The van der Waals surface area contributed by atoms with E-state index >= 15 is 0 Å². The molecule has 0 amide bonds. The fraction of sp³-hybridized carbons (Fsp3) is 0.429. The second kappa shape index (κ2) is 5.61. The summed E-state index contributed by atoms with van der Waals surface area (Å²) in [6.45, 7) is 0. The molecule has 21 heavy (non-hydrogen) atoms. The fourth-order valence-electron chi connectivity index (χ4n) is 2.71. The molecule has 1 aliphatic carbocycles. The predicted octanol–water partition coefficient (Wildman–Crippen LogP) is 2.33. The van der Waals surface area contributed by atoms with Gasteiger partial charge >= 0.3 is 5.69 Å². The first-order valence-electron chi connectivity index (χ1n) is 6.98. The molecule has 2 aromatic heterocycles. The van der Waals surface area contributed by atoms with Gasteiger partial charge in [0.05, 0.1) is 22.8 Å². The minimum Gasteiger partial charge on any atom is -0.393 e. The fourth-order valence-corrected chi connectivity index (χ4v) is 2.71. The highest BCUT2D eigenvalue weighted by atomic mass is 16.6. The molecule has 110 valence electrons. The summed E-state index contributed by atoms with van der Waals surface area (Å²) in [7, 11) is 0. The van der Waals surface area contributed by atoms with E-state index in [0.717, 1.165) is 12.8 Å². The molecule has 1 aliphatic rings. The standard InChI is InChI=1S/C14H16N4O3/c19-11-6-4-10(5-7-11)17-9-13(18(20)21)14(16-17)12-3-1-2-8-15-12/h1-3,8-11,19H,4-7H2. The minimum atomic E-state index is -0.425. The molecule has 1 saturated carbocycles. The van der Waals surface area contributed by atoms with E-state index in [0.29, 0.717) is 24.2 Å². The largest absolute Gasteiger partial charge is 0.393 e. The Balaban J connectivity index is 1.95. The van der Waals surface area contributed by atoms with Crippen molar-refractivity contribution < 1.29 is 10.0 Å². The van der Waals surface area contributed by atoms with Crippen molar-refractivity contribution in [2.45, 2.75) is 37.8 Å². The Morgan fingerprint density at radius 2 is 2.05 bits per heavy atom. The number of rotatable bonds is 3. The van der Waals surface area contributed by atoms with Crippen LogP contribution < -0.4 is 0 Å². The zero-order valence-corrected chi connectivity index (χ0v) is 11.4. The van der Waals surface area contributed by atoms with Crippen LogP contribution in [0.25, 0.3) is 11.4 Å². The van der Waals surface area contributed by atoms with Gasteiger partial charge in [-0.05, 0) is 37.8 Å². The van der Waals surface area contributed by atoms with E-state index in [1.165, 1.54) is 6.20 Å². The summed E-state index contributed by atoms with van der Waals surface area (Å²) in [6, 6.07) is 5.35. The van der Waals surface area contributed by atoms with Gasteiger partial charge in [0.25, 0.3) is 0 Å². The van der Waals surface area contributed by atoms with Crippen LogP contribution in [0.1, 0.15) is 31.7 Å². The average Bonchev–Trinajstić information content (AvgIpc) is 2.94. The Kier molecular flexibility index (Phi) is 3.66. The molecule has 0 spiro atoms. The van der Waals surface area contributed by atoms with Crippen LogP contribution in [0.5, 0.6) is 0 Å². The Morgan fingerprint density at radius 1 is 1.29 bits per heavy atom. The number of aliphatic hydroxyl groups excluding tert-OH is 1. The third-order valence-electron chi connectivity index (χ3n) is 3.86. The summed E-state index contributed by atoms with van der Waals surface area (Å²) >= 11 is 0. The molecule has 7 heteroatoms. The van der Waals surface area contributed by atoms with Gasteiger partial charge in [0.1, 0.15) is 6.20 Å². The molecule has 3 rings (SSSR count). The first-order chi connectivity index (χ1) is 10.1. The summed E-state index contributed by atoms with van der Waals surface area (Å²) in [5.41, 5.74) is 0.769. The lowest BCUT2D eigenvalue weighted by Crippen LogP contribution is -2.21. The third-order valence-corrected chi connectivity index (χ3v) is 3.86. The van der Waals surface area contributed by atoms with E-state index in [-0.39, 0.29) is 17.8 Å². The molecule has 2 aromatic rings. The number of hydrogen-bond acceptors (Lipinski definition) is 5. The molecule has 1 fully saturated rings. The monoisotopic (exact) mass is 288 g/mol. The van der Waals surface area contributed by atoms with Gasteiger partial charge in [-0.3, -0.25) is 19.8 Å². The van der Waals surface area contributed by atoms with E-state index in [4.69, 9.17) is 0 Å². The van der Waals surface area contributed by atoms with Crippen molar-refractivity contribution in [1.29, 1.82) is 0 Å². The quantitative estimate of drug-likeness (QED) is 0.691. The van der Waals surface area contributed by atoms with Crippen molar-refractivity contribution in [1.82, 2.24) is 14.8 Å². The molecule has 0 aliphatic heterocycles. The lowest BCUT2D eigenvalue weighted by atomic mass is 9.93. The Hall–Kier alpha value is -2.28. The molecular weight excluding hydrogens is 272 g/mol. The van der Waals surface area contributed by atoms with Crippen molar-refractivity contribution in [2.75, 3.05) is 0 Å². The molecule has 7 nitrogen and oxygen atoms in total. The first kappa shape index (κ1) is 13.7. The van der Waals surface area contributed by atoms with Gasteiger partial charge in [-0.1, -0.05) is 6.07 Å². The van der Waals surface area contributed by atoms with Crippen molar-refractivity contribution >= 4 is 5.69 Å². The zero-order valence-electron chi connectivity index (χ0n) is 11.4. The van der Waals surface area contributed by atoms with Crippen LogP contribution in [0.2, 0.25) is 0 Å². The highest BCUT2D eigenvalue weighted by molar-refractivity contribution is 5.65. The summed E-state index contributed by atoms with van der Waals surface area (Å²) in [4.78, 5) is 14.9. The van der Waals surface area contributed by atoms with Crippen LogP contribution in [-0.4, -0.2) is 30.9 Å². The van der Waals surface area contributed by atoms with E-state index in [1.54, 1.807) is 29.1 Å². The van der Waals surface area contributed by atoms with Crippen LogP contribution in [0, 0.1) is 10.1 Å². The van der Waals surface area contributed by atoms with Crippen molar-refractivity contribution in [2.24, 2.45) is 0 Å². The highest BCUT2D eigenvalue weighted by Crippen LogP contribution is 2.33. The Labute approximate surface area is 121 Å². The van der Waals surface area contributed by atoms with Gasteiger partial charge in [-0.2, -0.15) is 5.10 Å². The maximum Gasteiger partial charge on any atom is 0.316 e. The third kappa shape index (κ3) is 2.78. The van der Waals surface area contributed by atoms with Crippen LogP contribution in [0.3, 0.4) is 0 Å². The first-order valence-corrected chi connectivity index (χ1v) is 6.98. The lowest BCUT2D eigenvalue weighted by Gasteiger charge is -2.25. The Morgan fingerprint density at radius 3 is 2.67 bits per heavy atom. The average molecular weight is 288 g/mol. The topological polar surface area (TPSA) is 94.1 Å². The molecule has 0 radical (unpaired) electrons. The molecule has 0 saturated heterocycles. The van der Waals surface area contributed by atoms with Crippen molar-refractivity contribution in [3.63, 3.8) is 0 Å². The summed E-state index contributed by atoms with van der Waals surface area (Å²) in [5, 5.41) is 25.2. The van der Waals surface area contributed by atoms with Gasteiger partial charge < -0.3 is 5.11 Å². The summed E-state index contributed by atoms with van der Waals surface area (Å²) in [6.07, 6.45) is 5.78. The smallest absolute Gasteiger partial charge is 0.316 e. The van der Waals surface area contributed by atoms with Gasteiger partial charge in [0.15, 0.2) is 5.69 Å². The number of aromatic nitrogens is 3. The van der Waals surface area contributed by atoms with Crippen LogP contribution in [0.15, 0.2) is 30.6 Å². The minimum absolute atomic E-state index is 0.0279. The van der Waals surface area contributed by atoms with Gasteiger partial charge in [0, 0.05) is 6.20 Å². The van der Waals surface area contributed by atoms with Crippen molar-refractivity contribution in [3.8, 4) is 11.4 Å². The van der Waals surface area contributed by atoms with Gasteiger partial charge in [0.2, 0.25) is 0 Å². The highest BCUT2D eigenvalue weighted by Gasteiger charge is 2.27. The molecule has 1 N–H and O–H groups in total. The molecule has 0 bridgehead atoms. The van der Waals surface area contributed by atoms with Crippen LogP contribution in [0.4, 0.5) is 5.69 Å².